The molecule has 0 bridgehead atoms. The summed E-state index contributed by atoms with van der Waals surface area (Å²) in [5.74, 6) is 0.533. The Hall–Kier alpha value is -3.47. The molecule has 4 rings (SSSR count). The van der Waals surface area contributed by atoms with E-state index in [1.54, 1.807) is 24.5 Å². The van der Waals surface area contributed by atoms with Gasteiger partial charge in [-0.1, -0.05) is 60.7 Å². The molecule has 1 aromatic heterocycles. The highest BCUT2D eigenvalue weighted by molar-refractivity contribution is 5.93. The van der Waals surface area contributed by atoms with Gasteiger partial charge in [0.15, 0.2) is 0 Å². The lowest BCUT2D eigenvalue weighted by molar-refractivity contribution is -0.121. The third kappa shape index (κ3) is 5.61. The summed E-state index contributed by atoms with van der Waals surface area (Å²) in [4.78, 5) is 31.3. The van der Waals surface area contributed by atoms with Crippen LogP contribution >= 0.6 is 0 Å². The molecule has 1 aliphatic heterocycles. The highest BCUT2D eigenvalue weighted by atomic mass is 16.2. The first-order valence-corrected chi connectivity index (χ1v) is 11.3. The molecule has 1 saturated heterocycles. The minimum Gasteiger partial charge on any atom is -0.356 e. The minimum atomic E-state index is 0.0362. The van der Waals surface area contributed by atoms with E-state index in [2.05, 4.69) is 34.6 Å². The van der Waals surface area contributed by atoms with E-state index in [0.717, 1.165) is 24.0 Å². The highest BCUT2D eigenvalue weighted by Crippen LogP contribution is 2.28. The molecule has 0 unspecified atom stereocenters. The standard InChI is InChI=1S/C27H29N3O2/c31-26(18-25(22-8-3-1-4-9-22)23-10-5-2-6-11-23)29-19-21-13-16-30(17-14-21)27(32)24-12-7-15-28-20-24/h1-12,15,20-21,25H,13-14,16-19H2,(H,29,31). The summed E-state index contributed by atoms with van der Waals surface area (Å²) in [5.41, 5.74) is 2.93. The van der Waals surface area contributed by atoms with Gasteiger partial charge in [0.05, 0.1) is 5.56 Å². The fraction of sp³-hybridized carbons (Fsp3) is 0.296. The molecule has 2 amide bonds. The van der Waals surface area contributed by atoms with Gasteiger partial charge in [-0.05, 0) is 42.0 Å². The number of pyridine rings is 1. The molecular weight excluding hydrogens is 398 g/mol. The predicted molar refractivity (Wildman–Crippen MR) is 125 cm³/mol. The number of amides is 2. The largest absolute Gasteiger partial charge is 0.356 e. The van der Waals surface area contributed by atoms with Crippen LogP contribution in [-0.2, 0) is 4.79 Å². The van der Waals surface area contributed by atoms with Crippen molar-refractivity contribution in [2.24, 2.45) is 5.92 Å². The maximum Gasteiger partial charge on any atom is 0.255 e. The van der Waals surface area contributed by atoms with Crippen LogP contribution in [0.1, 0.15) is 46.7 Å². The fourth-order valence-electron chi connectivity index (χ4n) is 4.33. The van der Waals surface area contributed by atoms with Crippen molar-refractivity contribution >= 4 is 11.8 Å². The highest BCUT2D eigenvalue weighted by Gasteiger charge is 2.24. The second kappa shape index (κ2) is 10.7. The Balaban J connectivity index is 1.29. The van der Waals surface area contributed by atoms with Crippen LogP contribution in [0.2, 0.25) is 0 Å². The van der Waals surface area contributed by atoms with E-state index in [9.17, 15) is 9.59 Å². The van der Waals surface area contributed by atoms with Crippen LogP contribution in [0.4, 0.5) is 0 Å². The average Bonchev–Trinajstić information content (AvgIpc) is 2.87. The van der Waals surface area contributed by atoms with Crippen LogP contribution in [0, 0.1) is 5.92 Å². The first-order chi connectivity index (χ1) is 15.7. The van der Waals surface area contributed by atoms with Crippen molar-refractivity contribution in [1.29, 1.82) is 0 Å². The number of benzene rings is 2. The summed E-state index contributed by atoms with van der Waals surface area (Å²) in [7, 11) is 0. The van der Waals surface area contributed by atoms with Crippen LogP contribution in [0.25, 0.3) is 0 Å². The molecule has 2 heterocycles. The first-order valence-electron chi connectivity index (χ1n) is 11.3. The number of piperidine rings is 1. The van der Waals surface area contributed by atoms with E-state index in [1.807, 2.05) is 41.3 Å². The van der Waals surface area contributed by atoms with Gasteiger partial charge in [0, 0.05) is 44.4 Å². The quantitative estimate of drug-likeness (QED) is 0.612. The van der Waals surface area contributed by atoms with Gasteiger partial charge < -0.3 is 10.2 Å². The van der Waals surface area contributed by atoms with Gasteiger partial charge in [-0.3, -0.25) is 14.6 Å². The average molecular weight is 428 g/mol. The Bertz CT molecular complexity index is 961. The number of carbonyl (C=O) groups is 2. The first kappa shape index (κ1) is 21.8. The van der Waals surface area contributed by atoms with Crippen molar-refractivity contribution < 1.29 is 9.59 Å². The smallest absolute Gasteiger partial charge is 0.255 e. The minimum absolute atomic E-state index is 0.0362. The lowest BCUT2D eigenvalue weighted by atomic mass is 9.88. The number of carbonyl (C=O) groups excluding carboxylic acids is 2. The summed E-state index contributed by atoms with van der Waals surface area (Å²) in [5, 5.41) is 3.15. The molecule has 0 aliphatic carbocycles. The fourth-order valence-corrected chi connectivity index (χ4v) is 4.33. The van der Waals surface area contributed by atoms with E-state index >= 15 is 0 Å². The molecule has 3 aromatic rings. The number of hydrogen-bond donors (Lipinski definition) is 1. The molecule has 164 valence electrons. The number of aromatic nitrogens is 1. The zero-order valence-corrected chi connectivity index (χ0v) is 18.2. The van der Waals surface area contributed by atoms with Crippen LogP contribution in [-0.4, -0.2) is 41.3 Å². The van der Waals surface area contributed by atoms with Crippen molar-refractivity contribution in [3.05, 3.63) is 102 Å². The second-order valence-corrected chi connectivity index (χ2v) is 8.36. The van der Waals surface area contributed by atoms with Crippen LogP contribution < -0.4 is 5.32 Å². The number of likely N-dealkylation sites (tertiary alicyclic amines) is 1. The summed E-state index contributed by atoms with van der Waals surface area (Å²) in [6, 6.07) is 24.0. The lowest BCUT2D eigenvalue weighted by Gasteiger charge is -2.32. The molecule has 1 N–H and O–H groups in total. The lowest BCUT2D eigenvalue weighted by Crippen LogP contribution is -2.41. The molecule has 0 radical (unpaired) electrons. The summed E-state index contributed by atoms with van der Waals surface area (Å²) >= 11 is 0. The molecule has 0 saturated carbocycles. The van der Waals surface area contributed by atoms with Gasteiger partial charge in [-0.2, -0.15) is 0 Å². The van der Waals surface area contributed by atoms with Crippen molar-refractivity contribution in [2.75, 3.05) is 19.6 Å². The molecule has 0 spiro atoms. The Labute approximate surface area is 189 Å². The van der Waals surface area contributed by atoms with Crippen molar-refractivity contribution in [3.63, 3.8) is 0 Å². The maximum atomic E-state index is 12.8. The molecule has 2 aromatic carbocycles. The second-order valence-electron chi connectivity index (χ2n) is 8.36. The Kier molecular flexibility index (Phi) is 7.28. The van der Waals surface area contributed by atoms with Gasteiger partial charge in [0.25, 0.3) is 5.91 Å². The molecule has 0 atom stereocenters. The SMILES string of the molecule is O=C(CC(c1ccccc1)c1ccccc1)NCC1CCN(C(=O)c2cccnc2)CC1. The molecule has 1 aliphatic rings. The third-order valence-electron chi connectivity index (χ3n) is 6.19. The number of hydrogen-bond acceptors (Lipinski definition) is 3. The van der Waals surface area contributed by atoms with Gasteiger partial charge in [-0.25, -0.2) is 0 Å². The Morgan fingerprint density at radius 3 is 2.09 bits per heavy atom. The zero-order chi connectivity index (χ0) is 22.2. The van der Waals surface area contributed by atoms with E-state index in [-0.39, 0.29) is 17.7 Å². The topological polar surface area (TPSA) is 62.3 Å². The van der Waals surface area contributed by atoms with E-state index in [4.69, 9.17) is 0 Å². The van der Waals surface area contributed by atoms with Crippen LogP contribution in [0.15, 0.2) is 85.2 Å². The van der Waals surface area contributed by atoms with Gasteiger partial charge in [0.2, 0.25) is 5.91 Å². The predicted octanol–water partition coefficient (Wildman–Crippen LogP) is 4.27. The Morgan fingerprint density at radius 1 is 0.906 bits per heavy atom. The van der Waals surface area contributed by atoms with Gasteiger partial charge in [0.1, 0.15) is 0 Å². The molecule has 1 fully saturated rings. The van der Waals surface area contributed by atoms with Crippen LogP contribution in [0.3, 0.4) is 0 Å². The Morgan fingerprint density at radius 2 is 1.53 bits per heavy atom. The summed E-state index contributed by atoms with van der Waals surface area (Å²) in [6.07, 6.45) is 5.50. The summed E-state index contributed by atoms with van der Waals surface area (Å²) < 4.78 is 0. The molecule has 5 heteroatoms. The van der Waals surface area contributed by atoms with E-state index < -0.39 is 0 Å². The van der Waals surface area contributed by atoms with E-state index in [0.29, 0.717) is 37.5 Å². The number of nitrogens with one attached hydrogen (secondary N) is 1. The van der Waals surface area contributed by atoms with E-state index in [1.165, 1.54) is 0 Å². The monoisotopic (exact) mass is 427 g/mol. The van der Waals surface area contributed by atoms with Gasteiger partial charge >= 0.3 is 0 Å². The van der Waals surface area contributed by atoms with Crippen molar-refractivity contribution in [2.45, 2.75) is 25.2 Å². The van der Waals surface area contributed by atoms with Gasteiger partial charge in [-0.15, -0.1) is 0 Å². The van der Waals surface area contributed by atoms with Crippen LogP contribution in [0.5, 0.6) is 0 Å². The molecular formula is C27H29N3O2. The molecule has 32 heavy (non-hydrogen) atoms. The number of nitrogens with zero attached hydrogens (tertiary/aromatic N) is 2. The third-order valence-corrected chi connectivity index (χ3v) is 6.19. The number of rotatable bonds is 7. The van der Waals surface area contributed by atoms with Crippen molar-refractivity contribution in [3.8, 4) is 0 Å². The maximum absolute atomic E-state index is 12.8. The zero-order valence-electron chi connectivity index (χ0n) is 18.2. The normalized spacial score (nSPS) is 14.3. The summed E-state index contributed by atoms with van der Waals surface area (Å²) in [6.45, 7) is 2.08. The molecule has 5 nitrogen and oxygen atoms in total. The van der Waals surface area contributed by atoms with Crippen molar-refractivity contribution in [1.82, 2.24) is 15.2 Å².